The second kappa shape index (κ2) is 3.93. The maximum atomic E-state index is 13.4. The van der Waals surface area contributed by atoms with Gasteiger partial charge in [0.15, 0.2) is 5.78 Å². The van der Waals surface area contributed by atoms with Crippen molar-refractivity contribution in [3.63, 3.8) is 0 Å². The predicted octanol–water partition coefficient (Wildman–Crippen LogP) is 2.68. The highest BCUT2D eigenvalue weighted by atomic mass is 79.9. The highest BCUT2D eigenvalue weighted by molar-refractivity contribution is 9.10. The van der Waals surface area contributed by atoms with Crippen LogP contribution in [0.3, 0.4) is 0 Å². The van der Waals surface area contributed by atoms with E-state index in [0.29, 0.717) is 24.0 Å². The van der Waals surface area contributed by atoms with Gasteiger partial charge in [-0.2, -0.15) is 0 Å². The monoisotopic (exact) mass is 271 g/mol. The van der Waals surface area contributed by atoms with Crippen molar-refractivity contribution >= 4 is 27.4 Å². The minimum Gasteiger partial charge on any atom is -0.363 e. The molecule has 0 unspecified atom stereocenters. The van der Waals surface area contributed by atoms with Gasteiger partial charge in [-0.25, -0.2) is 4.39 Å². The molecule has 0 aromatic heterocycles. The van der Waals surface area contributed by atoms with Crippen LogP contribution >= 0.6 is 15.9 Å². The zero-order valence-electron chi connectivity index (χ0n) is 8.39. The third-order valence-corrected chi connectivity index (χ3v) is 3.22. The molecule has 0 spiro atoms. The summed E-state index contributed by atoms with van der Waals surface area (Å²) in [5.74, 6) is -0.0623. The molecule has 0 saturated carbocycles. The Bertz CT molecular complexity index is 419. The topological polar surface area (TPSA) is 20.3 Å². The molecule has 2 nitrogen and oxygen atoms in total. The van der Waals surface area contributed by atoms with E-state index in [1.54, 1.807) is 6.07 Å². The Morgan fingerprint density at radius 3 is 2.80 bits per heavy atom. The number of carbonyl (C=O) groups excluding carboxylic acids is 1. The van der Waals surface area contributed by atoms with Crippen LogP contribution in [0.5, 0.6) is 0 Å². The second-order valence-electron chi connectivity index (χ2n) is 3.76. The standard InChI is InChI=1S/C11H11BrFNO/c1-7-4-9(12)10(13)5-11(7)14-3-2-8(15)6-14/h4-5H,2-3,6H2,1H3. The maximum Gasteiger partial charge on any atom is 0.153 e. The number of rotatable bonds is 1. The lowest BCUT2D eigenvalue weighted by molar-refractivity contribution is -0.116. The number of hydrogen-bond acceptors (Lipinski definition) is 2. The van der Waals surface area contributed by atoms with E-state index in [4.69, 9.17) is 0 Å². The highest BCUT2D eigenvalue weighted by Gasteiger charge is 2.21. The van der Waals surface area contributed by atoms with E-state index in [1.807, 2.05) is 11.8 Å². The van der Waals surface area contributed by atoms with Crippen molar-refractivity contribution in [1.29, 1.82) is 0 Å². The van der Waals surface area contributed by atoms with Crippen LogP contribution in [0.15, 0.2) is 16.6 Å². The molecular formula is C11H11BrFNO. The smallest absolute Gasteiger partial charge is 0.153 e. The van der Waals surface area contributed by atoms with E-state index in [-0.39, 0.29) is 11.6 Å². The van der Waals surface area contributed by atoms with Gasteiger partial charge in [0.1, 0.15) is 5.82 Å². The fourth-order valence-electron chi connectivity index (χ4n) is 1.81. The Hall–Kier alpha value is -0.900. The quantitative estimate of drug-likeness (QED) is 0.783. The normalized spacial score (nSPS) is 16.2. The fourth-order valence-corrected chi connectivity index (χ4v) is 2.27. The van der Waals surface area contributed by atoms with Crippen LogP contribution in [0, 0.1) is 12.7 Å². The van der Waals surface area contributed by atoms with Crippen molar-refractivity contribution in [3.05, 3.63) is 28.0 Å². The number of ketones is 1. The van der Waals surface area contributed by atoms with Crippen LogP contribution in [-0.2, 0) is 4.79 Å². The summed E-state index contributed by atoms with van der Waals surface area (Å²) in [5.41, 5.74) is 1.81. The van der Waals surface area contributed by atoms with Crippen LogP contribution in [0.1, 0.15) is 12.0 Å². The molecule has 1 aliphatic heterocycles. The molecule has 15 heavy (non-hydrogen) atoms. The van der Waals surface area contributed by atoms with Crippen LogP contribution in [-0.4, -0.2) is 18.9 Å². The number of anilines is 1. The maximum absolute atomic E-state index is 13.4. The van der Waals surface area contributed by atoms with Crippen molar-refractivity contribution in [2.45, 2.75) is 13.3 Å². The van der Waals surface area contributed by atoms with E-state index < -0.39 is 0 Å². The summed E-state index contributed by atoms with van der Waals surface area (Å²) >= 11 is 3.14. The molecule has 0 aliphatic carbocycles. The first-order valence-electron chi connectivity index (χ1n) is 4.80. The molecule has 2 rings (SSSR count). The number of halogens is 2. The summed E-state index contributed by atoms with van der Waals surface area (Å²) in [6.07, 6.45) is 0.567. The van der Waals surface area contributed by atoms with Gasteiger partial charge in [0.05, 0.1) is 11.0 Å². The first-order chi connectivity index (χ1) is 7.08. The summed E-state index contributed by atoms with van der Waals surface area (Å²) in [4.78, 5) is 13.1. The van der Waals surface area contributed by atoms with Gasteiger partial charge in [-0.15, -0.1) is 0 Å². The minimum absolute atomic E-state index is 0.220. The van der Waals surface area contributed by atoms with E-state index in [1.165, 1.54) is 6.07 Å². The molecule has 1 saturated heterocycles. The molecule has 1 heterocycles. The van der Waals surface area contributed by atoms with Crippen molar-refractivity contribution < 1.29 is 9.18 Å². The largest absolute Gasteiger partial charge is 0.363 e. The molecule has 0 radical (unpaired) electrons. The number of hydrogen-bond donors (Lipinski definition) is 0. The van der Waals surface area contributed by atoms with Gasteiger partial charge in [-0.3, -0.25) is 4.79 Å². The van der Waals surface area contributed by atoms with E-state index in [9.17, 15) is 9.18 Å². The molecule has 1 aromatic carbocycles. The number of Topliss-reactive ketones (excluding diaryl/α,β-unsaturated/α-hetero) is 1. The summed E-state index contributed by atoms with van der Waals surface area (Å²) in [5, 5.41) is 0. The third kappa shape index (κ3) is 2.04. The molecule has 0 atom stereocenters. The molecule has 4 heteroatoms. The fraction of sp³-hybridized carbons (Fsp3) is 0.364. The van der Waals surface area contributed by atoms with Crippen molar-refractivity contribution in [2.75, 3.05) is 18.0 Å². The van der Waals surface area contributed by atoms with E-state index in [0.717, 1.165) is 11.3 Å². The van der Waals surface area contributed by atoms with Crippen molar-refractivity contribution in [3.8, 4) is 0 Å². The van der Waals surface area contributed by atoms with Crippen LogP contribution in [0.4, 0.5) is 10.1 Å². The number of carbonyl (C=O) groups is 1. The summed E-state index contributed by atoms with van der Waals surface area (Å²) < 4.78 is 13.8. The van der Waals surface area contributed by atoms with Gasteiger partial charge in [-0.05, 0) is 40.5 Å². The third-order valence-electron chi connectivity index (χ3n) is 2.61. The lowest BCUT2D eigenvalue weighted by Gasteiger charge is -2.19. The number of benzene rings is 1. The number of nitrogens with zero attached hydrogens (tertiary/aromatic N) is 1. The molecule has 0 bridgehead atoms. The highest BCUT2D eigenvalue weighted by Crippen LogP contribution is 2.28. The lowest BCUT2D eigenvalue weighted by atomic mass is 10.2. The molecular weight excluding hydrogens is 261 g/mol. The Labute approximate surface area is 96.2 Å². The number of aryl methyl sites for hydroxylation is 1. The first kappa shape index (κ1) is 10.6. The SMILES string of the molecule is Cc1cc(Br)c(F)cc1N1CCC(=O)C1. The van der Waals surface area contributed by atoms with Crippen LogP contribution < -0.4 is 4.90 Å². The van der Waals surface area contributed by atoms with Gasteiger partial charge in [0.2, 0.25) is 0 Å². The van der Waals surface area contributed by atoms with Gasteiger partial charge < -0.3 is 4.90 Å². The Morgan fingerprint density at radius 2 is 2.20 bits per heavy atom. The van der Waals surface area contributed by atoms with Gasteiger partial charge >= 0.3 is 0 Å². The average molecular weight is 272 g/mol. The van der Waals surface area contributed by atoms with Gasteiger partial charge in [0.25, 0.3) is 0 Å². The molecule has 1 fully saturated rings. The zero-order chi connectivity index (χ0) is 11.0. The Kier molecular flexibility index (Phi) is 2.78. The first-order valence-corrected chi connectivity index (χ1v) is 5.59. The molecule has 0 amide bonds. The molecule has 0 N–H and O–H groups in total. The summed E-state index contributed by atoms with van der Waals surface area (Å²) in [7, 11) is 0. The second-order valence-corrected chi connectivity index (χ2v) is 4.62. The van der Waals surface area contributed by atoms with E-state index >= 15 is 0 Å². The molecule has 1 aliphatic rings. The van der Waals surface area contributed by atoms with Crippen molar-refractivity contribution in [1.82, 2.24) is 0 Å². The van der Waals surface area contributed by atoms with Crippen LogP contribution in [0.2, 0.25) is 0 Å². The Morgan fingerprint density at radius 1 is 1.47 bits per heavy atom. The summed E-state index contributed by atoms with van der Waals surface area (Å²) in [6.45, 7) is 3.02. The zero-order valence-corrected chi connectivity index (χ0v) is 9.97. The average Bonchev–Trinajstić information content (AvgIpc) is 2.58. The van der Waals surface area contributed by atoms with Gasteiger partial charge in [0, 0.05) is 18.7 Å². The predicted molar refractivity (Wildman–Crippen MR) is 60.7 cm³/mol. The Balaban J connectivity index is 2.36. The molecule has 80 valence electrons. The van der Waals surface area contributed by atoms with Crippen molar-refractivity contribution in [2.24, 2.45) is 0 Å². The minimum atomic E-state index is -0.282. The van der Waals surface area contributed by atoms with Crippen LogP contribution in [0.25, 0.3) is 0 Å². The van der Waals surface area contributed by atoms with Gasteiger partial charge in [-0.1, -0.05) is 0 Å². The molecule has 1 aromatic rings. The lowest BCUT2D eigenvalue weighted by Crippen LogP contribution is -2.20. The summed E-state index contributed by atoms with van der Waals surface area (Å²) in [6, 6.07) is 3.23. The van der Waals surface area contributed by atoms with E-state index in [2.05, 4.69) is 15.9 Å².